The summed E-state index contributed by atoms with van der Waals surface area (Å²) in [5, 5.41) is 0. The van der Waals surface area contributed by atoms with Gasteiger partial charge < -0.3 is 0 Å². The number of aliphatic imine (C=N–C) groups is 1. The van der Waals surface area contributed by atoms with Gasteiger partial charge in [-0.05, 0) is 42.0 Å². The Labute approximate surface area is 127 Å². The molecular weight excluding hydrogens is 254 g/mol. The van der Waals surface area contributed by atoms with Gasteiger partial charge in [0.25, 0.3) is 0 Å². The topological polar surface area (TPSA) is 12.4 Å². The predicted molar refractivity (Wildman–Crippen MR) is 90.8 cm³/mol. The van der Waals surface area contributed by atoms with Gasteiger partial charge in [0.1, 0.15) is 0 Å². The molecule has 21 heavy (non-hydrogen) atoms. The molecule has 108 valence electrons. The highest BCUT2D eigenvalue weighted by Crippen LogP contribution is 2.44. The third-order valence-corrected chi connectivity index (χ3v) is 4.78. The quantitative estimate of drug-likeness (QED) is 0.662. The molecule has 0 aliphatic carbocycles. The second-order valence-electron chi connectivity index (χ2n) is 7.17. The Morgan fingerprint density at radius 1 is 0.905 bits per heavy atom. The highest BCUT2D eigenvalue weighted by molar-refractivity contribution is 6.02. The van der Waals surface area contributed by atoms with Crippen molar-refractivity contribution < 1.29 is 0 Å². The summed E-state index contributed by atoms with van der Waals surface area (Å²) >= 11 is 0. The normalized spacial score (nSPS) is 21.1. The van der Waals surface area contributed by atoms with Crippen LogP contribution in [0.1, 0.15) is 51.3 Å². The molecule has 0 aromatic heterocycles. The van der Waals surface area contributed by atoms with E-state index in [0.29, 0.717) is 0 Å². The van der Waals surface area contributed by atoms with Crippen LogP contribution in [0, 0.1) is 0 Å². The molecule has 0 spiro atoms. The molecule has 0 N–H and O–H groups in total. The van der Waals surface area contributed by atoms with Gasteiger partial charge in [-0.3, -0.25) is 4.99 Å². The van der Waals surface area contributed by atoms with Crippen LogP contribution in [-0.2, 0) is 10.8 Å². The highest BCUT2D eigenvalue weighted by Gasteiger charge is 2.38. The molecule has 3 rings (SSSR count). The fourth-order valence-corrected chi connectivity index (χ4v) is 3.15. The Balaban J connectivity index is 2.10. The van der Waals surface area contributed by atoms with Gasteiger partial charge in [0.2, 0.25) is 0 Å². The van der Waals surface area contributed by atoms with Crippen molar-refractivity contribution in [3.05, 3.63) is 65.2 Å². The van der Waals surface area contributed by atoms with Crippen LogP contribution >= 0.6 is 0 Å². The standard InChI is InChI=1S/C20H23N/c1-14-20(5,17-8-6-7-9-18(17)21-14)16-12-10-15(11-13-16)19(2,3)4/h6-13H,1-5H3. The van der Waals surface area contributed by atoms with E-state index in [1.54, 1.807) is 0 Å². The Bertz CT molecular complexity index is 701. The Morgan fingerprint density at radius 2 is 1.52 bits per heavy atom. The van der Waals surface area contributed by atoms with Gasteiger partial charge in [0, 0.05) is 5.71 Å². The largest absolute Gasteiger partial charge is 0.257 e. The summed E-state index contributed by atoms with van der Waals surface area (Å²) in [6, 6.07) is 17.5. The van der Waals surface area contributed by atoms with Gasteiger partial charge in [-0.2, -0.15) is 0 Å². The van der Waals surface area contributed by atoms with Gasteiger partial charge in [-0.25, -0.2) is 0 Å². The first-order valence-electron chi connectivity index (χ1n) is 7.60. The Kier molecular flexibility index (Phi) is 3.05. The predicted octanol–water partition coefficient (Wildman–Crippen LogP) is 5.40. The maximum atomic E-state index is 4.77. The van der Waals surface area contributed by atoms with Crippen molar-refractivity contribution in [2.45, 2.75) is 45.4 Å². The van der Waals surface area contributed by atoms with Crippen LogP contribution in [0.15, 0.2) is 53.5 Å². The molecule has 0 saturated heterocycles. The van der Waals surface area contributed by atoms with Crippen molar-refractivity contribution >= 4 is 11.4 Å². The first kappa shape index (κ1) is 14.1. The molecule has 1 atom stereocenters. The number of benzene rings is 2. The molecule has 1 aliphatic heterocycles. The molecule has 1 heteroatoms. The van der Waals surface area contributed by atoms with E-state index < -0.39 is 0 Å². The van der Waals surface area contributed by atoms with Crippen molar-refractivity contribution in [2.75, 3.05) is 0 Å². The fraction of sp³-hybridized carbons (Fsp3) is 0.350. The molecule has 0 amide bonds. The minimum absolute atomic E-state index is 0.104. The summed E-state index contributed by atoms with van der Waals surface area (Å²) in [7, 11) is 0. The average molecular weight is 277 g/mol. The lowest BCUT2D eigenvalue weighted by Gasteiger charge is -2.28. The molecule has 0 fully saturated rings. The zero-order valence-corrected chi connectivity index (χ0v) is 13.6. The van der Waals surface area contributed by atoms with Gasteiger partial charge in [-0.15, -0.1) is 0 Å². The van der Waals surface area contributed by atoms with Crippen LogP contribution in [0.25, 0.3) is 0 Å². The molecule has 0 saturated carbocycles. The summed E-state index contributed by atoms with van der Waals surface area (Å²) in [6.07, 6.45) is 0. The SMILES string of the molecule is CC1=Nc2ccccc2C1(C)c1ccc(C(C)(C)C)cc1. The number of para-hydroxylation sites is 1. The summed E-state index contributed by atoms with van der Waals surface area (Å²) in [6.45, 7) is 11.2. The average Bonchev–Trinajstić information content (AvgIpc) is 2.71. The van der Waals surface area contributed by atoms with Gasteiger partial charge in [0.15, 0.2) is 0 Å². The minimum Gasteiger partial charge on any atom is -0.257 e. The van der Waals surface area contributed by atoms with Crippen molar-refractivity contribution in [2.24, 2.45) is 4.99 Å². The van der Waals surface area contributed by atoms with Gasteiger partial charge in [-0.1, -0.05) is 63.2 Å². The maximum absolute atomic E-state index is 4.77. The second-order valence-corrected chi connectivity index (χ2v) is 7.17. The Hall–Kier alpha value is -1.89. The fourth-order valence-electron chi connectivity index (χ4n) is 3.15. The van der Waals surface area contributed by atoms with Crippen LogP contribution in [0.5, 0.6) is 0 Å². The lowest BCUT2D eigenvalue weighted by atomic mass is 9.73. The van der Waals surface area contributed by atoms with E-state index in [-0.39, 0.29) is 10.8 Å². The van der Waals surface area contributed by atoms with Crippen LogP contribution in [0.3, 0.4) is 0 Å². The number of nitrogens with zero attached hydrogens (tertiary/aromatic N) is 1. The molecule has 1 heterocycles. The number of rotatable bonds is 1. The second kappa shape index (κ2) is 4.56. The maximum Gasteiger partial charge on any atom is 0.0674 e. The van der Waals surface area contributed by atoms with Crippen molar-refractivity contribution in [1.82, 2.24) is 0 Å². The van der Waals surface area contributed by atoms with Crippen molar-refractivity contribution in [3.8, 4) is 0 Å². The Morgan fingerprint density at radius 3 is 2.14 bits per heavy atom. The first-order chi connectivity index (χ1) is 9.83. The summed E-state index contributed by atoms with van der Waals surface area (Å²) in [5.74, 6) is 0. The third kappa shape index (κ3) is 2.12. The van der Waals surface area contributed by atoms with E-state index in [1.807, 2.05) is 0 Å². The van der Waals surface area contributed by atoms with Crippen LogP contribution in [0.4, 0.5) is 5.69 Å². The summed E-state index contributed by atoms with van der Waals surface area (Å²) in [5.41, 5.74) is 6.37. The number of hydrogen-bond donors (Lipinski definition) is 0. The van der Waals surface area contributed by atoms with Gasteiger partial charge in [0.05, 0.1) is 11.1 Å². The zero-order chi connectivity index (χ0) is 15.3. The molecule has 1 unspecified atom stereocenters. The molecule has 1 nitrogen and oxygen atoms in total. The molecule has 2 aromatic carbocycles. The van der Waals surface area contributed by atoms with Crippen LogP contribution in [-0.4, -0.2) is 5.71 Å². The number of fused-ring (bicyclic) bond motifs is 1. The van der Waals surface area contributed by atoms with E-state index >= 15 is 0 Å². The number of hydrogen-bond acceptors (Lipinski definition) is 1. The third-order valence-electron chi connectivity index (χ3n) is 4.78. The van der Waals surface area contributed by atoms with Crippen molar-refractivity contribution in [3.63, 3.8) is 0 Å². The molecule has 1 aliphatic rings. The lowest BCUT2D eigenvalue weighted by molar-refractivity contribution is 0.589. The van der Waals surface area contributed by atoms with Crippen LogP contribution in [0.2, 0.25) is 0 Å². The molecule has 0 bridgehead atoms. The van der Waals surface area contributed by atoms with Crippen molar-refractivity contribution in [1.29, 1.82) is 0 Å². The van der Waals surface area contributed by atoms with E-state index in [2.05, 4.69) is 83.1 Å². The van der Waals surface area contributed by atoms with E-state index in [1.165, 1.54) is 22.4 Å². The van der Waals surface area contributed by atoms with E-state index in [4.69, 9.17) is 4.99 Å². The summed E-state index contributed by atoms with van der Waals surface area (Å²) < 4.78 is 0. The molecular formula is C20H23N. The lowest BCUT2D eigenvalue weighted by Crippen LogP contribution is -2.29. The summed E-state index contributed by atoms with van der Waals surface area (Å²) in [4.78, 5) is 4.77. The smallest absolute Gasteiger partial charge is 0.0674 e. The first-order valence-corrected chi connectivity index (χ1v) is 7.60. The minimum atomic E-state index is -0.104. The zero-order valence-electron chi connectivity index (χ0n) is 13.6. The highest BCUT2D eigenvalue weighted by atomic mass is 14.8. The van der Waals surface area contributed by atoms with E-state index in [9.17, 15) is 0 Å². The molecule has 2 aromatic rings. The molecule has 0 radical (unpaired) electrons. The van der Waals surface area contributed by atoms with Crippen LogP contribution < -0.4 is 0 Å². The van der Waals surface area contributed by atoms with E-state index in [0.717, 1.165) is 5.69 Å². The monoisotopic (exact) mass is 277 g/mol. The van der Waals surface area contributed by atoms with Gasteiger partial charge >= 0.3 is 0 Å².